The molecule has 218 valence electrons. The third-order valence-electron chi connectivity index (χ3n) is 6.64. The summed E-state index contributed by atoms with van der Waals surface area (Å²) in [5.74, 6) is -0.903. The number of benzene rings is 3. The molecular weight excluding hydrogens is 544 g/mol. The summed E-state index contributed by atoms with van der Waals surface area (Å²) in [5.41, 5.74) is 0.615. The van der Waals surface area contributed by atoms with Crippen LogP contribution in [0.5, 0.6) is 0 Å². The second kappa shape index (κ2) is 14.9. The summed E-state index contributed by atoms with van der Waals surface area (Å²) >= 11 is 0. The first kappa shape index (κ1) is 31.3. The first-order chi connectivity index (χ1) is 19.7. The van der Waals surface area contributed by atoms with Crippen molar-refractivity contribution in [1.29, 1.82) is 0 Å². The van der Waals surface area contributed by atoms with E-state index in [1.807, 2.05) is 37.3 Å². The van der Waals surface area contributed by atoms with Crippen LogP contribution in [0.25, 0.3) is 0 Å². The van der Waals surface area contributed by atoms with Gasteiger partial charge in [-0.1, -0.05) is 74.9 Å². The fraction of sp³-hybridized carbons (Fsp3) is 0.333. The molecule has 0 unspecified atom stereocenters. The number of carbonyl (C=O) groups is 2. The second-order valence-electron chi connectivity index (χ2n) is 9.49. The Morgan fingerprint density at radius 1 is 0.951 bits per heavy atom. The van der Waals surface area contributed by atoms with Crippen molar-refractivity contribution in [2.75, 3.05) is 23.9 Å². The summed E-state index contributed by atoms with van der Waals surface area (Å²) < 4.78 is 28.5. The van der Waals surface area contributed by atoms with E-state index in [4.69, 9.17) is 0 Å². The van der Waals surface area contributed by atoms with Gasteiger partial charge >= 0.3 is 0 Å². The Hall–Kier alpha value is -4.25. The average molecular weight is 581 g/mol. The van der Waals surface area contributed by atoms with E-state index in [2.05, 4.69) is 5.32 Å². The van der Waals surface area contributed by atoms with Gasteiger partial charge in [0.1, 0.15) is 12.6 Å². The minimum absolute atomic E-state index is 0.0279. The number of amides is 2. The third kappa shape index (κ3) is 8.37. The van der Waals surface area contributed by atoms with Crippen LogP contribution < -0.4 is 9.62 Å². The molecule has 0 spiro atoms. The van der Waals surface area contributed by atoms with E-state index in [0.717, 1.165) is 28.8 Å². The zero-order valence-electron chi connectivity index (χ0n) is 23.3. The number of nitro benzene ring substituents is 1. The lowest BCUT2D eigenvalue weighted by molar-refractivity contribution is -0.384. The molecule has 0 aliphatic rings. The number of nitro groups is 1. The number of sulfonamides is 1. The van der Waals surface area contributed by atoms with E-state index in [9.17, 15) is 28.1 Å². The molecule has 3 aromatic rings. The minimum atomic E-state index is -4.30. The Balaban J connectivity index is 2.01. The van der Waals surface area contributed by atoms with Crippen LogP contribution in [-0.4, -0.2) is 55.7 Å². The number of rotatable bonds is 15. The van der Waals surface area contributed by atoms with Gasteiger partial charge in [0.2, 0.25) is 11.8 Å². The fourth-order valence-corrected chi connectivity index (χ4v) is 5.84. The molecule has 3 rings (SSSR count). The van der Waals surface area contributed by atoms with Gasteiger partial charge in [0.05, 0.1) is 15.5 Å². The SMILES string of the molecule is CCCCNC(=O)[C@H](CC)N(CCc1ccccc1)C(=O)CN(c1cccc([N+](=O)[O-])c1)S(=O)(=O)c1ccccc1. The third-order valence-corrected chi connectivity index (χ3v) is 8.43. The van der Waals surface area contributed by atoms with Gasteiger partial charge in [0, 0.05) is 25.2 Å². The van der Waals surface area contributed by atoms with Crippen LogP contribution in [0, 0.1) is 10.1 Å². The quantitative estimate of drug-likeness (QED) is 0.159. The molecule has 0 heterocycles. The van der Waals surface area contributed by atoms with Crippen LogP contribution in [0.4, 0.5) is 11.4 Å². The van der Waals surface area contributed by atoms with Crippen molar-refractivity contribution < 1.29 is 22.9 Å². The molecule has 0 aliphatic carbocycles. The Morgan fingerprint density at radius 3 is 2.22 bits per heavy atom. The van der Waals surface area contributed by atoms with Crippen LogP contribution in [0.2, 0.25) is 0 Å². The van der Waals surface area contributed by atoms with Gasteiger partial charge in [-0.05, 0) is 43.0 Å². The summed E-state index contributed by atoms with van der Waals surface area (Å²) in [5, 5.41) is 14.4. The maximum Gasteiger partial charge on any atom is 0.271 e. The van der Waals surface area contributed by atoms with Gasteiger partial charge in [-0.2, -0.15) is 0 Å². The number of anilines is 1. The first-order valence-corrected chi connectivity index (χ1v) is 15.1. The minimum Gasteiger partial charge on any atom is -0.354 e. The molecule has 41 heavy (non-hydrogen) atoms. The molecule has 1 atom stereocenters. The normalized spacial score (nSPS) is 11.9. The van der Waals surface area contributed by atoms with Crippen LogP contribution in [0.1, 0.15) is 38.7 Å². The maximum absolute atomic E-state index is 14.0. The van der Waals surface area contributed by atoms with Crippen LogP contribution in [-0.2, 0) is 26.0 Å². The van der Waals surface area contributed by atoms with Gasteiger partial charge in [-0.25, -0.2) is 8.42 Å². The fourth-order valence-electron chi connectivity index (χ4n) is 4.41. The predicted octanol–water partition coefficient (Wildman–Crippen LogP) is 4.56. The summed E-state index contributed by atoms with van der Waals surface area (Å²) in [6, 6.07) is 21.4. The molecule has 0 saturated heterocycles. The van der Waals surface area contributed by atoms with Gasteiger partial charge < -0.3 is 10.2 Å². The predicted molar refractivity (Wildman–Crippen MR) is 158 cm³/mol. The first-order valence-electron chi connectivity index (χ1n) is 13.6. The molecule has 0 radical (unpaired) electrons. The molecule has 0 aliphatic heterocycles. The molecule has 0 saturated carbocycles. The molecule has 10 nitrogen and oxygen atoms in total. The van der Waals surface area contributed by atoms with Crippen molar-refractivity contribution in [3.63, 3.8) is 0 Å². The highest BCUT2D eigenvalue weighted by Crippen LogP contribution is 2.27. The Bertz CT molecular complexity index is 1420. The van der Waals surface area contributed by atoms with E-state index in [1.165, 1.54) is 35.2 Å². The number of nitrogens with zero attached hydrogens (tertiary/aromatic N) is 3. The summed E-state index contributed by atoms with van der Waals surface area (Å²) in [6.07, 6.45) is 2.45. The van der Waals surface area contributed by atoms with Crippen molar-refractivity contribution in [2.24, 2.45) is 0 Å². The van der Waals surface area contributed by atoms with E-state index in [-0.39, 0.29) is 28.7 Å². The van der Waals surface area contributed by atoms with E-state index in [0.29, 0.717) is 19.4 Å². The van der Waals surface area contributed by atoms with Crippen molar-refractivity contribution >= 4 is 33.2 Å². The maximum atomic E-state index is 14.0. The Labute approximate surface area is 241 Å². The van der Waals surface area contributed by atoms with Crippen LogP contribution in [0.3, 0.4) is 0 Å². The summed E-state index contributed by atoms with van der Waals surface area (Å²) in [4.78, 5) is 39.4. The van der Waals surface area contributed by atoms with E-state index < -0.39 is 33.4 Å². The molecule has 3 aromatic carbocycles. The van der Waals surface area contributed by atoms with E-state index in [1.54, 1.807) is 25.1 Å². The Morgan fingerprint density at radius 2 is 1.61 bits per heavy atom. The lowest BCUT2D eigenvalue weighted by Crippen LogP contribution is -2.53. The zero-order valence-corrected chi connectivity index (χ0v) is 24.1. The standard InChI is InChI=1S/C30H36N4O6S/c1-3-5-20-31-30(36)28(4-2)32(21-19-24-13-8-6-9-14-24)29(35)23-33(25-15-12-16-26(22-25)34(37)38)41(39,40)27-17-10-7-11-18-27/h6-18,22,28H,3-5,19-21,23H2,1-2H3,(H,31,36)/t28-/m0/s1. The lowest BCUT2D eigenvalue weighted by Gasteiger charge is -2.33. The molecular formula is C30H36N4O6S. The summed E-state index contributed by atoms with van der Waals surface area (Å²) in [7, 11) is -4.30. The number of unbranched alkanes of at least 4 members (excludes halogenated alkanes) is 1. The number of non-ortho nitro benzene ring substituents is 1. The molecule has 0 aromatic heterocycles. The highest BCUT2D eigenvalue weighted by Gasteiger charge is 2.33. The monoisotopic (exact) mass is 580 g/mol. The molecule has 1 N–H and O–H groups in total. The van der Waals surface area contributed by atoms with Crippen LogP contribution >= 0.6 is 0 Å². The van der Waals surface area contributed by atoms with Crippen molar-refractivity contribution in [2.45, 2.75) is 50.5 Å². The highest BCUT2D eigenvalue weighted by molar-refractivity contribution is 7.92. The lowest BCUT2D eigenvalue weighted by atomic mass is 10.1. The van der Waals surface area contributed by atoms with E-state index >= 15 is 0 Å². The number of carbonyl (C=O) groups excluding carboxylic acids is 2. The van der Waals surface area contributed by atoms with Crippen molar-refractivity contribution in [1.82, 2.24) is 10.2 Å². The van der Waals surface area contributed by atoms with Gasteiger partial charge in [-0.15, -0.1) is 0 Å². The Kier molecular flexibility index (Phi) is 11.4. The highest BCUT2D eigenvalue weighted by atomic mass is 32.2. The molecule has 11 heteroatoms. The van der Waals surface area contributed by atoms with Gasteiger partial charge in [0.15, 0.2) is 0 Å². The zero-order chi connectivity index (χ0) is 29.8. The topological polar surface area (TPSA) is 130 Å². The smallest absolute Gasteiger partial charge is 0.271 e. The number of hydrogen-bond acceptors (Lipinski definition) is 6. The second-order valence-corrected chi connectivity index (χ2v) is 11.4. The number of nitrogens with one attached hydrogen (secondary N) is 1. The average Bonchev–Trinajstić information content (AvgIpc) is 2.98. The summed E-state index contributed by atoms with van der Waals surface area (Å²) in [6.45, 7) is 3.80. The van der Waals surface area contributed by atoms with Crippen molar-refractivity contribution in [3.8, 4) is 0 Å². The van der Waals surface area contributed by atoms with Crippen molar-refractivity contribution in [3.05, 3.63) is 101 Å². The van der Waals surface area contributed by atoms with Gasteiger partial charge in [0.25, 0.3) is 15.7 Å². The number of hydrogen-bond donors (Lipinski definition) is 1. The molecule has 0 bridgehead atoms. The molecule has 0 fully saturated rings. The largest absolute Gasteiger partial charge is 0.354 e. The van der Waals surface area contributed by atoms with Crippen LogP contribution in [0.15, 0.2) is 89.8 Å². The van der Waals surface area contributed by atoms with Gasteiger partial charge in [-0.3, -0.25) is 24.0 Å². The molecule has 2 amide bonds.